The number of nitrogens with zero attached hydrogens (tertiary/aromatic N) is 2. The summed E-state index contributed by atoms with van der Waals surface area (Å²) in [6.07, 6.45) is 4.03. The molecule has 1 aliphatic rings. The lowest BCUT2D eigenvalue weighted by Crippen LogP contribution is -2.30. The van der Waals surface area contributed by atoms with Crippen molar-refractivity contribution in [1.29, 1.82) is 0 Å². The van der Waals surface area contributed by atoms with E-state index >= 15 is 0 Å². The molecule has 2 aromatic carbocycles. The van der Waals surface area contributed by atoms with Crippen LogP contribution in [-0.4, -0.2) is 42.3 Å². The number of Topliss-reactive ketones (excluding diaryl/α,β-unsaturated/α-hetero) is 1. The number of hydrogen-bond acceptors (Lipinski definition) is 4. The second-order valence-corrected chi connectivity index (χ2v) is 8.41. The zero-order chi connectivity index (χ0) is 22.5. The summed E-state index contributed by atoms with van der Waals surface area (Å²) < 4.78 is 0. The van der Waals surface area contributed by atoms with Crippen LogP contribution in [0.15, 0.2) is 54.1 Å². The maximum atomic E-state index is 13.0. The number of carbonyl (C=O) groups excluding carboxylic acids is 2. The molecular weight excluding hydrogens is 388 g/mol. The van der Waals surface area contributed by atoms with Gasteiger partial charge in [-0.2, -0.15) is 0 Å². The molecule has 3 rings (SSSR count). The Morgan fingerprint density at radius 1 is 0.968 bits per heavy atom. The van der Waals surface area contributed by atoms with E-state index in [9.17, 15) is 14.7 Å². The Kier molecular flexibility index (Phi) is 7.16. The molecule has 0 radical (unpaired) electrons. The number of benzene rings is 2. The number of likely N-dealkylation sites (tertiary alicyclic amines) is 1. The first kappa shape index (κ1) is 22.6. The molecule has 1 N–H and O–H groups in total. The fraction of sp³-hybridized carbons (Fsp3) is 0.385. The van der Waals surface area contributed by atoms with E-state index in [2.05, 4.69) is 6.92 Å². The molecule has 0 bridgehead atoms. The quantitative estimate of drug-likeness (QED) is 0.281. The van der Waals surface area contributed by atoms with Gasteiger partial charge < -0.3 is 14.9 Å². The fourth-order valence-corrected chi connectivity index (χ4v) is 3.99. The van der Waals surface area contributed by atoms with Crippen LogP contribution in [0.3, 0.4) is 0 Å². The van der Waals surface area contributed by atoms with Crippen LogP contribution in [0, 0.1) is 6.92 Å². The molecule has 1 amide bonds. The van der Waals surface area contributed by atoms with Gasteiger partial charge in [0.1, 0.15) is 5.76 Å². The van der Waals surface area contributed by atoms with Crippen molar-refractivity contribution in [2.24, 2.45) is 0 Å². The van der Waals surface area contributed by atoms with E-state index in [1.54, 1.807) is 17.0 Å². The Labute approximate surface area is 185 Å². The summed E-state index contributed by atoms with van der Waals surface area (Å²) in [5.74, 6) is -1.27. The summed E-state index contributed by atoms with van der Waals surface area (Å²) in [6, 6.07) is 14.6. The lowest BCUT2D eigenvalue weighted by Gasteiger charge is -2.26. The maximum Gasteiger partial charge on any atom is 0.295 e. The highest BCUT2D eigenvalue weighted by atomic mass is 16.3. The molecule has 5 nitrogen and oxygen atoms in total. The topological polar surface area (TPSA) is 60.9 Å². The molecule has 1 atom stereocenters. The Morgan fingerprint density at radius 2 is 1.61 bits per heavy atom. The number of anilines is 1. The van der Waals surface area contributed by atoms with Crippen LogP contribution in [-0.2, 0) is 9.59 Å². The molecule has 1 saturated heterocycles. The average molecular weight is 421 g/mol. The van der Waals surface area contributed by atoms with E-state index in [0.717, 1.165) is 42.5 Å². The van der Waals surface area contributed by atoms with Crippen LogP contribution >= 0.6 is 0 Å². The SMILES string of the molecule is CCCCCCN1C(=O)C(=O)C(=C(O)c2ccc(C)cc2)[C@H]1c1ccc(N(C)C)cc1. The molecule has 0 saturated carbocycles. The van der Waals surface area contributed by atoms with Gasteiger partial charge in [0.25, 0.3) is 11.7 Å². The highest BCUT2D eigenvalue weighted by molar-refractivity contribution is 6.46. The molecule has 0 aliphatic carbocycles. The minimum atomic E-state index is -0.616. The number of amides is 1. The van der Waals surface area contributed by atoms with Crippen molar-refractivity contribution in [3.05, 3.63) is 70.8 Å². The minimum absolute atomic E-state index is 0.115. The number of hydrogen-bond donors (Lipinski definition) is 1. The van der Waals surface area contributed by atoms with Gasteiger partial charge in [-0.1, -0.05) is 68.1 Å². The summed E-state index contributed by atoms with van der Waals surface area (Å²) in [4.78, 5) is 29.6. The maximum absolute atomic E-state index is 13.0. The monoisotopic (exact) mass is 420 g/mol. The Morgan fingerprint density at radius 3 is 2.19 bits per heavy atom. The molecule has 0 spiro atoms. The van der Waals surface area contributed by atoms with Gasteiger partial charge in [-0.25, -0.2) is 0 Å². The van der Waals surface area contributed by atoms with Crippen LogP contribution in [0.4, 0.5) is 5.69 Å². The van der Waals surface area contributed by atoms with Gasteiger partial charge >= 0.3 is 0 Å². The number of ketones is 1. The number of rotatable bonds is 8. The Bertz CT molecular complexity index is 959. The lowest BCUT2D eigenvalue weighted by atomic mass is 9.94. The molecule has 2 aromatic rings. The number of aliphatic hydroxyl groups is 1. The zero-order valence-corrected chi connectivity index (χ0v) is 18.9. The molecule has 0 aromatic heterocycles. The summed E-state index contributed by atoms with van der Waals surface area (Å²) in [5.41, 5.74) is 3.63. The van der Waals surface area contributed by atoms with Crippen molar-refractivity contribution < 1.29 is 14.7 Å². The van der Waals surface area contributed by atoms with Gasteiger partial charge in [-0.05, 0) is 31.0 Å². The highest BCUT2D eigenvalue weighted by Gasteiger charge is 2.45. The van der Waals surface area contributed by atoms with Crippen LogP contribution in [0.25, 0.3) is 5.76 Å². The smallest absolute Gasteiger partial charge is 0.295 e. The van der Waals surface area contributed by atoms with Gasteiger partial charge in [-0.3, -0.25) is 9.59 Å². The Balaban J connectivity index is 2.06. The van der Waals surface area contributed by atoms with E-state index in [1.165, 1.54) is 0 Å². The van der Waals surface area contributed by atoms with E-state index in [4.69, 9.17) is 0 Å². The van der Waals surface area contributed by atoms with Gasteiger partial charge in [-0.15, -0.1) is 0 Å². The molecule has 31 heavy (non-hydrogen) atoms. The third kappa shape index (κ3) is 4.82. The van der Waals surface area contributed by atoms with Crippen molar-refractivity contribution in [3.8, 4) is 0 Å². The highest BCUT2D eigenvalue weighted by Crippen LogP contribution is 2.40. The summed E-state index contributed by atoms with van der Waals surface area (Å²) in [6.45, 7) is 4.60. The molecular formula is C26H32N2O3. The Hall–Kier alpha value is -3.08. The van der Waals surface area contributed by atoms with Gasteiger partial charge in [0.2, 0.25) is 0 Å². The minimum Gasteiger partial charge on any atom is -0.507 e. The summed E-state index contributed by atoms with van der Waals surface area (Å²) in [5, 5.41) is 11.1. The average Bonchev–Trinajstić information content (AvgIpc) is 3.01. The van der Waals surface area contributed by atoms with Crippen LogP contribution in [0.1, 0.15) is 55.3 Å². The second-order valence-electron chi connectivity index (χ2n) is 8.41. The summed E-state index contributed by atoms with van der Waals surface area (Å²) >= 11 is 0. The van der Waals surface area contributed by atoms with E-state index in [1.807, 2.05) is 62.3 Å². The van der Waals surface area contributed by atoms with E-state index in [0.29, 0.717) is 12.1 Å². The third-order valence-electron chi connectivity index (χ3n) is 5.84. The number of aliphatic hydroxyl groups excluding tert-OH is 1. The molecule has 0 unspecified atom stereocenters. The van der Waals surface area contributed by atoms with Crippen molar-refractivity contribution in [2.45, 2.75) is 45.6 Å². The lowest BCUT2D eigenvalue weighted by molar-refractivity contribution is -0.139. The zero-order valence-electron chi connectivity index (χ0n) is 18.9. The first-order valence-electron chi connectivity index (χ1n) is 11.0. The van der Waals surface area contributed by atoms with Gasteiger partial charge in [0, 0.05) is 31.9 Å². The predicted molar refractivity (Wildman–Crippen MR) is 125 cm³/mol. The summed E-state index contributed by atoms with van der Waals surface area (Å²) in [7, 11) is 3.93. The predicted octanol–water partition coefficient (Wildman–Crippen LogP) is 5.06. The standard InChI is InChI=1S/C26H32N2O3/c1-5-6-7-8-17-28-23(19-13-15-21(16-14-19)27(3)4)22(25(30)26(28)31)24(29)20-11-9-18(2)10-12-20/h9-16,23,29H,5-8,17H2,1-4H3/t23-/m1/s1. The number of unbranched alkanes of at least 4 members (excludes halogenated alkanes) is 3. The largest absolute Gasteiger partial charge is 0.507 e. The second kappa shape index (κ2) is 9.82. The van der Waals surface area contributed by atoms with Crippen molar-refractivity contribution >= 4 is 23.1 Å². The van der Waals surface area contributed by atoms with Crippen molar-refractivity contribution in [1.82, 2.24) is 4.90 Å². The molecule has 1 aliphatic heterocycles. The van der Waals surface area contributed by atoms with Crippen LogP contribution in [0.2, 0.25) is 0 Å². The van der Waals surface area contributed by atoms with Crippen molar-refractivity contribution in [2.75, 3.05) is 25.5 Å². The van der Waals surface area contributed by atoms with Crippen LogP contribution in [0.5, 0.6) is 0 Å². The normalized spacial score (nSPS) is 17.9. The first-order valence-corrected chi connectivity index (χ1v) is 11.0. The molecule has 164 valence electrons. The van der Waals surface area contributed by atoms with Crippen LogP contribution < -0.4 is 4.90 Å². The molecule has 1 heterocycles. The van der Waals surface area contributed by atoms with E-state index in [-0.39, 0.29) is 11.3 Å². The van der Waals surface area contributed by atoms with Gasteiger partial charge in [0.15, 0.2) is 0 Å². The van der Waals surface area contributed by atoms with Crippen molar-refractivity contribution in [3.63, 3.8) is 0 Å². The first-order chi connectivity index (χ1) is 14.8. The number of aryl methyl sites for hydroxylation is 1. The molecule has 5 heteroatoms. The number of carbonyl (C=O) groups is 2. The van der Waals surface area contributed by atoms with Gasteiger partial charge in [0.05, 0.1) is 11.6 Å². The van der Waals surface area contributed by atoms with E-state index < -0.39 is 17.7 Å². The fourth-order valence-electron chi connectivity index (χ4n) is 3.99. The molecule has 1 fully saturated rings. The third-order valence-corrected chi connectivity index (χ3v) is 5.84.